The minimum absolute atomic E-state index is 0.0802. The summed E-state index contributed by atoms with van der Waals surface area (Å²) < 4.78 is 15.7. The third-order valence-corrected chi connectivity index (χ3v) is 6.21. The van der Waals surface area contributed by atoms with Crippen molar-refractivity contribution in [2.45, 2.75) is 18.9 Å². The van der Waals surface area contributed by atoms with E-state index in [9.17, 15) is 4.39 Å². The number of hydrogen-bond acceptors (Lipinski definition) is 6. The van der Waals surface area contributed by atoms with E-state index in [1.165, 1.54) is 6.07 Å². The summed E-state index contributed by atoms with van der Waals surface area (Å²) in [5, 5.41) is 5.08. The predicted molar refractivity (Wildman–Crippen MR) is 128 cm³/mol. The van der Waals surface area contributed by atoms with Crippen LogP contribution in [0.3, 0.4) is 0 Å². The molecule has 7 nitrogen and oxygen atoms in total. The zero-order chi connectivity index (χ0) is 23.1. The Bertz CT molecular complexity index is 1500. The van der Waals surface area contributed by atoms with E-state index in [1.807, 2.05) is 36.4 Å². The Morgan fingerprint density at radius 2 is 1.76 bits per heavy atom. The molecule has 168 valence electrons. The van der Waals surface area contributed by atoms with Crippen LogP contribution in [-0.4, -0.2) is 36.1 Å². The maximum Gasteiger partial charge on any atom is 0.222 e. The van der Waals surface area contributed by atoms with Gasteiger partial charge in [-0.25, -0.2) is 28.8 Å². The number of aromatic nitrogens is 6. The molecular formula is C25H19ClFN7. The van der Waals surface area contributed by atoms with Crippen LogP contribution in [0.15, 0.2) is 73.1 Å². The smallest absolute Gasteiger partial charge is 0.222 e. The van der Waals surface area contributed by atoms with E-state index in [1.54, 1.807) is 35.1 Å². The topological polar surface area (TPSA) is 72.1 Å². The number of pyridine rings is 1. The Morgan fingerprint density at radius 1 is 0.912 bits per heavy atom. The first-order valence-electron chi connectivity index (χ1n) is 11.0. The van der Waals surface area contributed by atoms with Crippen LogP contribution >= 0.6 is 11.6 Å². The third kappa shape index (κ3) is 3.76. The summed E-state index contributed by atoms with van der Waals surface area (Å²) >= 11 is 5.96. The second kappa shape index (κ2) is 8.46. The lowest BCUT2D eigenvalue weighted by Gasteiger charge is -2.26. The van der Waals surface area contributed by atoms with Crippen molar-refractivity contribution in [1.29, 1.82) is 0 Å². The summed E-state index contributed by atoms with van der Waals surface area (Å²) in [7, 11) is 0. The van der Waals surface area contributed by atoms with Crippen molar-refractivity contribution in [3.63, 3.8) is 0 Å². The molecule has 6 rings (SSSR count). The lowest BCUT2D eigenvalue weighted by atomic mass is 10.0. The first-order valence-corrected chi connectivity index (χ1v) is 11.4. The van der Waals surface area contributed by atoms with Crippen molar-refractivity contribution in [2.75, 3.05) is 11.4 Å². The van der Waals surface area contributed by atoms with Gasteiger partial charge in [0.2, 0.25) is 5.28 Å². The maximum absolute atomic E-state index is 13.9. The van der Waals surface area contributed by atoms with Crippen molar-refractivity contribution in [3.05, 3.63) is 89.7 Å². The molecule has 0 spiro atoms. The molecule has 0 amide bonds. The average Bonchev–Trinajstić information content (AvgIpc) is 3.51. The molecule has 0 bridgehead atoms. The van der Waals surface area contributed by atoms with E-state index in [0.29, 0.717) is 17.1 Å². The molecule has 5 aromatic rings. The minimum atomic E-state index is -0.222. The number of rotatable bonds is 4. The van der Waals surface area contributed by atoms with Crippen LogP contribution in [0.1, 0.15) is 24.4 Å². The molecule has 1 atom stereocenters. The van der Waals surface area contributed by atoms with E-state index < -0.39 is 0 Å². The van der Waals surface area contributed by atoms with Gasteiger partial charge in [0.1, 0.15) is 17.3 Å². The van der Waals surface area contributed by atoms with Crippen molar-refractivity contribution in [3.8, 4) is 22.8 Å². The number of nitrogens with zero attached hydrogens (tertiary/aromatic N) is 7. The van der Waals surface area contributed by atoms with E-state index in [4.69, 9.17) is 21.7 Å². The monoisotopic (exact) mass is 471 g/mol. The van der Waals surface area contributed by atoms with Gasteiger partial charge in [-0.3, -0.25) is 0 Å². The van der Waals surface area contributed by atoms with Gasteiger partial charge in [0.25, 0.3) is 0 Å². The third-order valence-electron chi connectivity index (χ3n) is 6.03. The zero-order valence-corrected chi connectivity index (χ0v) is 18.8. The first kappa shape index (κ1) is 20.7. The van der Waals surface area contributed by atoms with Crippen LogP contribution in [0.5, 0.6) is 0 Å². The lowest BCUT2D eigenvalue weighted by molar-refractivity contribution is 0.617. The van der Waals surface area contributed by atoms with Crippen molar-refractivity contribution >= 4 is 23.1 Å². The molecule has 5 heterocycles. The van der Waals surface area contributed by atoms with E-state index in [-0.39, 0.29) is 17.1 Å². The second-order valence-electron chi connectivity index (χ2n) is 8.13. The molecule has 4 aromatic heterocycles. The number of imidazole rings is 1. The van der Waals surface area contributed by atoms with Gasteiger partial charge in [0, 0.05) is 12.7 Å². The molecule has 34 heavy (non-hydrogen) atoms. The summed E-state index contributed by atoms with van der Waals surface area (Å²) in [6, 6.07) is 18.3. The minimum Gasteiger partial charge on any atom is -0.348 e. The fraction of sp³-hybridized carbons (Fsp3) is 0.160. The number of halogens is 2. The molecule has 1 fully saturated rings. The SMILES string of the molecule is Fc1cccc([C@H]2CCCN2c2ccc3ncc(-c4cccc(-c5ccnc(Cl)n5)n4)n3n2)c1. The summed E-state index contributed by atoms with van der Waals surface area (Å²) in [5.74, 6) is 0.595. The van der Waals surface area contributed by atoms with Gasteiger partial charge in [-0.2, -0.15) is 0 Å². The highest BCUT2D eigenvalue weighted by molar-refractivity contribution is 6.28. The Labute approximate surface area is 199 Å². The first-order chi connectivity index (χ1) is 16.7. The summed E-state index contributed by atoms with van der Waals surface area (Å²) in [6.45, 7) is 0.853. The molecule has 0 aliphatic carbocycles. The maximum atomic E-state index is 13.9. The molecule has 1 aliphatic rings. The van der Waals surface area contributed by atoms with Crippen LogP contribution in [0.25, 0.3) is 28.4 Å². The number of hydrogen-bond donors (Lipinski definition) is 0. The zero-order valence-electron chi connectivity index (χ0n) is 18.0. The quantitative estimate of drug-likeness (QED) is 0.327. The standard InChI is InChI=1S/C25H19ClFN7/c26-25-28-12-11-19(31-25)18-6-2-7-20(30-18)22-15-29-23-9-10-24(32-34(22)23)33-13-3-8-21(33)16-4-1-5-17(27)14-16/h1-2,4-7,9-12,14-15,21H,3,8,13H2/t21-/m1/s1. The number of fused-ring (bicyclic) bond motifs is 1. The van der Waals surface area contributed by atoms with Gasteiger partial charge in [-0.1, -0.05) is 18.2 Å². The van der Waals surface area contributed by atoms with Crippen LogP contribution < -0.4 is 4.90 Å². The van der Waals surface area contributed by atoms with Crippen LogP contribution in [0, 0.1) is 5.82 Å². The lowest BCUT2D eigenvalue weighted by Crippen LogP contribution is -2.24. The van der Waals surface area contributed by atoms with Gasteiger partial charge in [-0.05, 0) is 72.5 Å². The molecule has 9 heteroatoms. The van der Waals surface area contributed by atoms with Gasteiger partial charge in [0.15, 0.2) is 5.65 Å². The Hall–Kier alpha value is -3.91. The normalized spacial score (nSPS) is 15.8. The molecular weight excluding hydrogens is 453 g/mol. The molecule has 0 N–H and O–H groups in total. The van der Waals surface area contributed by atoms with E-state index in [2.05, 4.69) is 19.9 Å². The highest BCUT2D eigenvalue weighted by atomic mass is 35.5. The highest BCUT2D eigenvalue weighted by Crippen LogP contribution is 2.35. The van der Waals surface area contributed by atoms with Gasteiger partial charge in [0.05, 0.1) is 29.3 Å². The largest absolute Gasteiger partial charge is 0.348 e. The van der Waals surface area contributed by atoms with Gasteiger partial charge >= 0.3 is 0 Å². The summed E-state index contributed by atoms with van der Waals surface area (Å²) in [5.41, 5.74) is 4.48. The predicted octanol–water partition coefficient (Wildman–Crippen LogP) is 5.38. The van der Waals surface area contributed by atoms with Gasteiger partial charge < -0.3 is 4.90 Å². The van der Waals surface area contributed by atoms with Crippen LogP contribution in [0.2, 0.25) is 5.28 Å². The molecule has 1 aliphatic heterocycles. The fourth-order valence-electron chi connectivity index (χ4n) is 4.49. The summed E-state index contributed by atoms with van der Waals surface area (Å²) in [4.78, 5) is 19.7. The molecule has 0 saturated carbocycles. The Morgan fingerprint density at radius 3 is 2.65 bits per heavy atom. The van der Waals surface area contributed by atoms with Gasteiger partial charge in [-0.15, -0.1) is 5.10 Å². The Kier molecular flexibility index (Phi) is 5.15. The van der Waals surface area contributed by atoms with Crippen molar-refractivity contribution in [1.82, 2.24) is 29.5 Å². The number of benzene rings is 1. The summed E-state index contributed by atoms with van der Waals surface area (Å²) in [6.07, 6.45) is 5.33. The van der Waals surface area contributed by atoms with Crippen LogP contribution in [-0.2, 0) is 0 Å². The fourth-order valence-corrected chi connectivity index (χ4v) is 4.64. The Balaban J connectivity index is 1.39. The molecule has 1 aromatic carbocycles. The van der Waals surface area contributed by atoms with Crippen LogP contribution in [0.4, 0.5) is 10.2 Å². The highest BCUT2D eigenvalue weighted by Gasteiger charge is 2.28. The van der Waals surface area contributed by atoms with E-state index in [0.717, 1.165) is 42.1 Å². The van der Waals surface area contributed by atoms with Crippen molar-refractivity contribution < 1.29 is 4.39 Å². The molecule has 0 unspecified atom stereocenters. The average molecular weight is 472 g/mol. The second-order valence-corrected chi connectivity index (χ2v) is 8.47. The van der Waals surface area contributed by atoms with Crippen molar-refractivity contribution in [2.24, 2.45) is 0 Å². The van der Waals surface area contributed by atoms with E-state index >= 15 is 0 Å². The molecule has 1 saturated heterocycles. The number of anilines is 1. The molecule has 0 radical (unpaired) electrons.